The van der Waals surface area contributed by atoms with Gasteiger partial charge in [0.15, 0.2) is 23.2 Å². The van der Waals surface area contributed by atoms with Crippen LogP contribution in [0.25, 0.3) is 10.2 Å². The fourth-order valence-corrected chi connectivity index (χ4v) is 3.56. The number of benzene rings is 2. The van der Waals surface area contributed by atoms with Crippen LogP contribution in [0.2, 0.25) is 0 Å². The average Bonchev–Trinajstić information content (AvgIpc) is 3.17. The second-order valence-electron chi connectivity index (χ2n) is 5.89. The van der Waals surface area contributed by atoms with Gasteiger partial charge in [0.2, 0.25) is 5.75 Å². The van der Waals surface area contributed by atoms with Crippen LogP contribution >= 0.6 is 11.3 Å². The van der Waals surface area contributed by atoms with Crippen molar-refractivity contribution in [3.05, 3.63) is 35.9 Å². The Morgan fingerprint density at radius 3 is 2.27 bits per heavy atom. The smallest absolute Gasteiger partial charge is 0.338 e. The summed E-state index contributed by atoms with van der Waals surface area (Å²) in [7, 11) is 5.91. The molecule has 10 heteroatoms. The summed E-state index contributed by atoms with van der Waals surface area (Å²) in [6.07, 6.45) is 0. The number of rotatable bonds is 8. The molecule has 0 unspecified atom stereocenters. The lowest BCUT2D eigenvalue weighted by Gasteiger charge is -2.13. The maximum absolute atomic E-state index is 12.4. The zero-order chi connectivity index (χ0) is 21.7. The number of nitrogens with one attached hydrogen (secondary N) is 1. The molecule has 0 saturated heterocycles. The van der Waals surface area contributed by atoms with Crippen molar-refractivity contribution in [2.45, 2.75) is 0 Å². The maximum Gasteiger partial charge on any atom is 0.338 e. The van der Waals surface area contributed by atoms with Crippen LogP contribution in [0.3, 0.4) is 0 Å². The molecule has 3 aromatic rings. The quantitative estimate of drug-likeness (QED) is 0.542. The van der Waals surface area contributed by atoms with E-state index in [1.807, 2.05) is 6.07 Å². The van der Waals surface area contributed by atoms with Crippen molar-refractivity contribution >= 4 is 38.6 Å². The first-order valence-electron chi connectivity index (χ1n) is 8.70. The number of anilines is 1. The first-order valence-corrected chi connectivity index (χ1v) is 9.52. The highest BCUT2D eigenvalue weighted by molar-refractivity contribution is 7.22. The van der Waals surface area contributed by atoms with Crippen molar-refractivity contribution < 1.29 is 33.3 Å². The van der Waals surface area contributed by atoms with Crippen molar-refractivity contribution in [1.29, 1.82) is 0 Å². The van der Waals surface area contributed by atoms with E-state index in [-0.39, 0.29) is 5.56 Å². The summed E-state index contributed by atoms with van der Waals surface area (Å²) in [6, 6.07) is 8.30. The molecule has 0 fully saturated rings. The molecule has 1 aromatic heterocycles. The van der Waals surface area contributed by atoms with Gasteiger partial charge >= 0.3 is 5.97 Å². The van der Waals surface area contributed by atoms with Gasteiger partial charge in [0.1, 0.15) is 5.75 Å². The fraction of sp³-hybridized carbons (Fsp3) is 0.250. The van der Waals surface area contributed by atoms with Crippen molar-refractivity contribution in [2.24, 2.45) is 0 Å². The van der Waals surface area contributed by atoms with Crippen LogP contribution in [0, 0.1) is 0 Å². The van der Waals surface area contributed by atoms with E-state index >= 15 is 0 Å². The van der Waals surface area contributed by atoms with Gasteiger partial charge in [-0.1, -0.05) is 11.3 Å². The van der Waals surface area contributed by atoms with Gasteiger partial charge in [0.05, 0.1) is 44.2 Å². The SMILES string of the molecule is COc1ccc2nc(NC(=O)COC(=O)c3cc(OC)c(OC)c(OC)c3)sc2c1. The number of thiazole rings is 1. The van der Waals surface area contributed by atoms with Gasteiger partial charge in [-0.15, -0.1) is 0 Å². The summed E-state index contributed by atoms with van der Waals surface area (Å²) >= 11 is 1.29. The number of carbonyl (C=O) groups is 2. The van der Waals surface area contributed by atoms with Crippen LogP contribution < -0.4 is 24.3 Å². The van der Waals surface area contributed by atoms with Crippen molar-refractivity contribution in [2.75, 3.05) is 40.4 Å². The van der Waals surface area contributed by atoms with Gasteiger partial charge in [-0.05, 0) is 30.3 Å². The van der Waals surface area contributed by atoms with E-state index in [1.54, 1.807) is 19.2 Å². The molecule has 0 aliphatic rings. The summed E-state index contributed by atoms with van der Waals surface area (Å²) < 4.78 is 26.8. The van der Waals surface area contributed by atoms with E-state index in [4.69, 9.17) is 23.7 Å². The number of nitrogens with zero attached hydrogens (tertiary/aromatic N) is 1. The minimum Gasteiger partial charge on any atom is -0.497 e. The predicted molar refractivity (Wildman–Crippen MR) is 111 cm³/mol. The number of esters is 1. The Morgan fingerprint density at radius 2 is 1.67 bits per heavy atom. The van der Waals surface area contributed by atoms with Crippen molar-refractivity contribution in [3.8, 4) is 23.0 Å². The van der Waals surface area contributed by atoms with Crippen molar-refractivity contribution in [1.82, 2.24) is 4.98 Å². The number of fused-ring (bicyclic) bond motifs is 1. The Balaban J connectivity index is 1.65. The van der Waals surface area contributed by atoms with E-state index in [9.17, 15) is 9.59 Å². The van der Waals surface area contributed by atoms with E-state index in [2.05, 4.69) is 10.3 Å². The number of carbonyl (C=O) groups excluding carboxylic acids is 2. The lowest BCUT2D eigenvalue weighted by Crippen LogP contribution is -2.20. The van der Waals surface area contributed by atoms with Crippen molar-refractivity contribution in [3.63, 3.8) is 0 Å². The number of ether oxygens (including phenoxy) is 5. The summed E-state index contributed by atoms with van der Waals surface area (Å²) in [5.74, 6) is 0.432. The standard InChI is InChI=1S/C20H20N2O7S/c1-25-12-5-6-13-16(9-12)30-20(21-13)22-17(23)10-29-19(24)11-7-14(26-2)18(28-4)15(8-11)27-3/h5-9H,10H2,1-4H3,(H,21,22,23). The van der Waals surface area contributed by atoms with E-state index in [1.165, 1.54) is 44.8 Å². The molecular weight excluding hydrogens is 412 g/mol. The van der Waals surface area contributed by atoms with Gasteiger partial charge in [0, 0.05) is 0 Å². The molecule has 0 spiro atoms. The molecule has 30 heavy (non-hydrogen) atoms. The summed E-state index contributed by atoms with van der Waals surface area (Å²) in [4.78, 5) is 28.9. The Labute approximate surface area is 176 Å². The third kappa shape index (κ3) is 4.54. The largest absolute Gasteiger partial charge is 0.497 e. The normalized spacial score (nSPS) is 10.4. The van der Waals surface area contributed by atoms with Gasteiger partial charge in [-0.2, -0.15) is 0 Å². The van der Waals surface area contributed by atoms with E-state index < -0.39 is 18.5 Å². The van der Waals surface area contributed by atoms with Crippen LogP contribution in [0.1, 0.15) is 10.4 Å². The molecule has 0 bridgehead atoms. The van der Waals surface area contributed by atoms with E-state index in [0.29, 0.717) is 28.1 Å². The molecule has 0 aliphatic carbocycles. The Hall–Kier alpha value is -3.53. The molecule has 0 aliphatic heterocycles. The molecule has 0 atom stereocenters. The number of hydrogen-bond donors (Lipinski definition) is 1. The number of methoxy groups -OCH3 is 4. The van der Waals surface area contributed by atoms with E-state index in [0.717, 1.165) is 10.2 Å². The highest BCUT2D eigenvalue weighted by atomic mass is 32.1. The number of hydrogen-bond acceptors (Lipinski definition) is 9. The maximum atomic E-state index is 12.4. The summed E-state index contributed by atoms with van der Waals surface area (Å²) in [6.45, 7) is -0.477. The monoisotopic (exact) mass is 432 g/mol. The Morgan fingerprint density at radius 1 is 0.967 bits per heavy atom. The Bertz CT molecular complexity index is 1060. The highest BCUT2D eigenvalue weighted by Crippen LogP contribution is 2.38. The first-order chi connectivity index (χ1) is 14.5. The second kappa shape index (κ2) is 9.31. The molecule has 0 saturated carbocycles. The highest BCUT2D eigenvalue weighted by Gasteiger charge is 2.19. The zero-order valence-corrected chi connectivity index (χ0v) is 17.6. The van der Waals surface area contributed by atoms with Crippen LogP contribution in [0.4, 0.5) is 5.13 Å². The minimum atomic E-state index is -0.710. The first kappa shape index (κ1) is 21.2. The van der Waals surface area contributed by atoms with Crippen LogP contribution in [-0.4, -0.2) is 51.9 Å². The topological polar surface area (TPSA) is 105 Å². The van der Waals surface area contributed by atoms with Crippen LogP contribution in [0.15, 0.2) is 30.3 Å². The zero-order valence-electron chi connectivity index (χ0n) is 16.8. The molecule has 0 radical (unpaired) electrons. The molecule has 2 aromatic carbocycles. The molecule has 9 nitrogen and oxygen atoms in total. The number of aromatic nitrogens is 1. The van der Waals surface area contributed by atoms with Crippen LogP contribution in [-0.2, 0) is 9.53 Å². The minimum absolute atomic E-state index is 0.157. The number of amides is 1. The third-order valence-corrected chi connectivity index (χ3v) is 5.01. The average molecular weight is 432 g/mol. The Kier molecular flexibility index (Phi) is 6.58. The van der Waals surface area contributed by atoms with Gasteiger partial charge in [0.25, 0.3) is 5.91 Å². The lowest BCUT2D eigenvalue weighted by atomic mass is 10.2. The van der Waals surface area contributed by atoms with Crippen LogP contribution in [0.5, 0.6) is 23.0 Å². The molecule has 3 rings (SSSR count). The van der Waals surface area contributed by atoms with Gasteiger partial charge in [-0.25, -0.2) is 9.78 Å². The molecule has 158 valence electrons. The second-order valence-corrected chi connectivity index (χ2v) is 6.92. The van der Waals surface area contributed by atoms with Gasteiger partial charge in [-0.3, -0.25) is 10.1 Å². The summed E-state index contributed by atoms with van der Waals surface area (Å²) in [5, 5.41) is 3.02. The third-order valence-electron chi connectivity index (χ3n) is 4.08. The molecular formula is C20H20N2O7S. The fourth-order valence-electron chi connectivity index (χ4n) is 2.65. The summed E-state index contributed by atoms with van der Waals surface area (Å²) in [5.41, 5.74) is 0.884. The molecule has 1 heterocycles. The lowest BCUT2D eigenvalue weighted by molar-refractivity contribution is -0.119. The van der Waals surface area contributed by atoms with Gasteiger partial charge < -0.3 is 23.7 Å². The molecule has 1 N–H and O–H groups in total. The molecule has 1 amide bonds. The predicted octanol–water partition coefficient (Wildman–Crippen LogP) is 3.13.